The topological polar surface area (TPSA) is 29.1 Å². The maximum Gasteiger partial charge on any atom is 0.180 e. The molecule has 1 fully saturated rings. The third-order valence-electron chi connectivity index (χ3n) is 2.37. The summed E-state index contributed by atoms with van der Waals surface area (Å²) in [6.07, 6.45) is -0.616. The quantitative estimate of drug-likeness (QED) is 0.717. The van der Waals surface area contributed by atoms with Gasteiger partial charge in [0.1, 0.15) is 6.17 Å². The molecule has 2 unspecified atom stereocenters. The first-order chi connectivity index (χ1) is 6.77. The van der Waals surface area contributed by atoms with Gasteiger partial charge in [-0.1, -0.05) is 24.3 Å². The summed E-state index contributed by atoms with van der Waals surface area (Å²) in [7, 11) is 0. The fourth-order valence-corrected chi connectivity index (χ4v) is 1.63. The maximum atomic E-state index is 12.8. The predicted molar refractivity (Wildman–Crippen MR) is 50.9 cm³/mol. The molecule has 1 aliphatic heterocycles. The van der Waals surface area contributed by atoms with Gasteiger partial charge in [0.25, 0.3) is 0 Å². The van der Waals surface area contributed by atoms with Crippen molar-refractivity contribution >= 4 is 5.78 Å². The van der Waals surface area contributed by atoms with Crippen LogP contribution in [-0.2, 0) is 0 Å². The monoisotopic (exact) mass is 192 g/mol. The summed E-state index contributed by atoms with van der Waals surface area (Å²) in [5.41, 5.74) is 0.527. The average Bonchev–Trinajstić information content (AvgIpc) is 2.65. The van der Waals surface area contributed by atoms with Crippen LogP contribution in [0.2, 0.25) is 0 Å². The van der Waals surface area contributed by atoms with Gasteiger partial charge in [0.05, 0.1) is 6.04 Å². The van der Waals surface area contributed by atoms with Crippen LogP contribution >= 0.6 is 0 Å². The SMILES string of the molecule is O=C(c1[c]cccc1)C1CC(F)CN1. The largest absolute Gasteiger partial charge is 0.304 e. The van der Waals surface area contributed by atoms with Crippen LogP contribution in [0.3, 0.4) is 0 Å². The minimum atomic E-state index is -0.896. The van der Waals surface area contributed by atoms with Gasteiger partial charge < -0.3 is 5.32 Å². The van der Waals surface area contributed by atoms with Crippen molar-refractivity contribution in [3.8, 4) is 0 Å². The number of hydrogen-bond acceptors (Lipinski definition) is 2. The number of nitrogens with one attached hydrogen (secondary N) is 1. The minimum Gasteiger partial charge on any atom is -0.304 e. The fraction of sp³-hybridized carbons (Fsp3) is 0.364. The Bertz CT molecular complexity index is 325. The number of hydrogen-bond donors (Lipinski definition) is 1. The van der Waals surface area contributed by atoms with E-state index in [2.05, 4.69) is 11.4 Å². The standard InChI is InChI=1S/C11H11FNO/c12-9-6-10(13-7-9)11(14)8-4-2-1-3-5-8/h1-4,9-10,13H,6-7H2. The van der Waals surface area contributed by atoms with Crippen LogP contribution < -0.4 is 5.32 Å². The van der Waals surface area contributed by atoms with E-state index in [1.165, 1.54) is 0 Å². The van der Waals surface area contributed by atoms with Crippen molar-refractivity contribution in [3.05, 3.63) is 35.9 Å². The Hall–Kier alpha value is -1.22. The number of rotatable bonds is 2. The molecule has 3 heteroatoms. The summed E-state index contributed by atoms with van der Waals surface area (Å²) < 4.78 is 12.8. The zero-order valence-electron chi connectivity index (χ0n) is 7.66. The van der Waals surface area contributed by atoms with Gasteiger partial charge in [-0.3, -0.25) is 4.79 Å². The Kier molecular flexibility index (Phi) is 2.59. The van der Waals surface area contributed by atoms with E-state index in [1.54, 1.807) is 24.3 Å². The molecule has 14 heavy (non-hydrogen) atoms. The van der Waals surface area contributed by atoms with E-state index in [1.807, 2.05) is 0 Å². The molecule has 1 radical (unpaired) electrons. The molecule has 1 N–H and O–H groups in total. The molecule has 1 aliphatic rings. The fourth-order valence-electron chi connectivity index (χ4n) is 1.63. The van der Waals surface area contributed by atoms with Crippen LogP contribution in [0.25, 0.3) is 0 Å². The molecule has 0 saturated carbocycles. The average molecular weight is 192 g/mol. The molecule has 2 rings (SSSR count). The van der Waals surface area contributed by atoms with Crippen LogP contribution in [0.4, 0.5) is 4.39 Å². The maximum absolute atomic E-state index is 12.8. The van der Waals surface area contributed by atoms with Gasteiger partial charge in [-0.25, -0.2) is 4.39 Å². The molecule has 73 valence electrons. The number of carbonyl (C=O) groups is 1. The number of Topliss-reactive ketones (excluding diaryl/α,β-unsaturated/α-hetero) is 1. The second kappa shape index (κ2) is 3.88. The van der Waals surface area contributed by atoms with Gasteiger partial charge in [0.15, 0.2) is 5.78 Å². The molecule has 0 amide bonds. The lowest BCUT2D eigenvalue weighted by molar-refractivity contribution is 0.0949. The third-order valence-corrected chi connectivity index (χ3v) is 2.37. The Labute approximate surface area is 82.1 Å². The lowest BCUT2D eigenvalue weighted by Gasteiger charge is -2.07. The molecule has 1 heterocycles. The number of benzene rings is 1. The molecule has 2 nitrogen and oxygen atoms in total. The lowest BCUT2D eigenvalue weighted by atomic mass is 10.0. The summed E-state index contributed by atoms with van der Waals surface area (Å²) >= 11 is 0. The molecule has 2 atom stereocenters. The smallest absolute Gasteiger partial charge is 0.180 e. The first-order valence-corrected chi connectivity index (χ1v) is 4.66. The van der Waals surface area contributed by atoms with Crippen molar-refractivity contribution in [3.63, 3.8) is 0 Å². The highest BCUT2D eigenvalue weighted by molar-refractivity contribution is 6.00. The van der Waals surface area contributed by atoms with Crippen LogP contribution in [0.1, 0.15) is 16.8 Å². The first kappa shape index (κ1) is 9.34. The normalized spacial score (nSPS) is 26.4. The minimum absolute atomic E-state index is 0.0641. The van der Waals surface area contributed by atoms with E-state index < -0.39 is 6.17 Å². The molecule has 1 aromatic rings. The predicted octanol–water partition coefficient (Wildman–Crippen LogP) is 1.37. The van der Waals surface area contributed by atoms with Gasteiger partial charge in [0.2, 0.25) is 0 Å². The number of ketones is 1. The Morgan fingerprint density at radius 1 is 1.57 bits per heavy atom. The highest BCUT2D eigenvalue weighted by Crippen LogP contribution is 2.14. The van der Waals surface area contributed by atoms with Crippen molar-refractivity contribution in [2.24, 2.45) is 0 Å². The summed E-state index contributed by atoms with van der Waals surface area (Å²) in [5, 5.41) is 2.86. The van der Waals surface area contributed by atoms with Crippen molar-refractivity contribution in [2.75, 3.05) is 6.54 Å². The van der Waals surface area contributed by atoms with Gasteiger partial charge in [0, 0.05) is 18.5 Å². The Balaban J connectivity index is 2.10. The highest BCUT2D eigenvalue weighted by Gasteiger charge is 2.29. The summed E-state index contributed by atoms with van der Waals surface area (Å²) in [4.78, 5) is 11.7. The Morgan fingerprint density at radius 3 is 3.00 bits per heavy atom. The van der Waals surface area contributed by atoms with E-state index in [-0.39, 0.29) is 24.8 Å². The molecule has 0 bridgehead atoms. The highest BCUT2D eigenvalue weighted by atomic mass is 19.1. The third kappa shape index (κ3) is 1.82. The summed E-state index contributed by atoms with van der Waals surface area (Å²) in [6.45, 7) is 0.281. The van der Waals surface area contributed by atoms with E-state index >= 15 is 0 Å². The number of halogens is 1. The molecule has 1 saturated heterocycles. The number of carbonyl (C=O) groups excluding carboxylic acids is 1. The molecular weight excluding hydrogens is 181 g/mol. The van der Waals surface area contributed by atoms with E-state index in [9.17, 15) is 9.18 Å². The number of alkyl halides is 1. The Morgan fingerprint density at radius 2 is 2.43 bits per heavy atom. The van der Waals surface area contributed by atoms with Gasteiger partial charge in [-0.2, -0.15) is 0 Å². The second-order valence-corrected chi connectivity index (χ2v) is 3.43. The zero-order valence-corrected chi connectivity index (χ0v) is 7.66. The molecule has 0 aromatic heterocycles. The van der Waals surface area contributed by atoms with Crippen molar-refractivity contribution in [1.29, 1.82) is 0 Å². The van der Waals surface area contributed by atoms with Crippen LogP contribution in [-0.4, -0.2) is 24.5 Å². The van der Waals surface area contributed by atoms with Gasteiger partial charge in [-0.05, 0) is 6.07 Å². The molecule has 0 spiro atoms. The van der Waals surface area contributed by atoms with Gasteiger partial charge >= 0.3 is 0 Å². The summed E-state index contributed by atoms with van der Waals surface area (Å²) in [6, 6.07) is 9.46. The lowest BCUT2D eigenvalue weighted by Crippen LogP contribution is -2.30. The molecular formula is C11H11FNO. The molecule has 1 aromatic carbocycles. The van der Waals surface area contributed by atoms with E-state index in [4.69, 9.17) is 0 Å². The second-order valence-electron chi connectivity index (χ2n) is 3.43. The van der Waals surface area contributed by atoms with Crippen LogP contribution in [0.5, 0.6) is 0 Å². The van der Waals surface area contributed by atoms with E-state index in [0.717, 1.165) is 0 Å². The van der Waals surface area contributed by atoms with Crippen LogP contribution in [0, 0.1) is 6.07 Å². The zero-order chi connectivity index (χ0) is 9.97. The first-order valence-electron chi connectivity index (χ1n) is 4.66. The van der Waals surface area contributed by atoms with Crippen molar-refractivity contribution in [1.82, 2.24) is 5.32 Å². The van der Waals surface area contributed by atoms with Crippen molar-refractivity contribution in [2.45, 2.75) is 18.6 Å². The summed E-state index contributed by atoms with van der Waals surface area (Å²) in [5.74, 6) is -0.0641. The molecule has 0 aliphatic carbocycles. The van der Waals surface area contributed by atoms with Crippen LogP contribution in [0.15, 0.2) is 24.3 Å². The van der Waals surface area contributed by atoms with Crippen molar-refractivity contribution < 1.29 is 9.18 Å². The van der Waals surface area contributed by atoms with E-state index in [0.29, 0.717) is 5.56 Å². The van der Waals surface area contributed by atoms with Gasteiger partial charge in [-0.15, -0.1) is 0 Å².